The normalized spacial score (nSPS) is 20.2. The van der Waals surface area contributed by atoms with Crippen LogP contribution in [0.5, 0.6) is 0 Å². The molecule has 0 saturated carbocycles. The molecule has 4 nitrogen and oxygen atoms in total. The van der Waals surface area contributed by atoms with Crippen molar-refractivity contribution < 1.29 is 0 Å². The molecule has 1 unspecified atom stereocenters. The minimum Gasteiger partial charge on any atom is -0.366 e. The van der Waals surface area contributed by atoms with Crippen LogP contribution in [-0.2, 0) is 0 Å². The number of hydrogen-bond donors (Lipinski definition) is 0. The standard InChI is InChI=1S/C16H18N4/c1-11-3-4-12(9-17-11)14-5-6-15-16(18-14)19(2)13-7-8-20(15)10-13/h3-6,9,13H,7-8,10H2,1-2H3. The number of likely N-dealkylation sites (N-methyl/N-ethyl adjacent to an activating group) is 1. The molecule has 4 heterocycles. The van der Waals surface area contributed by atoms with Gasteiger partial charge in [-0.2, -0.15) is 0 Å². The van der Waals surface area contributed by atoms with Gasteiger partial charge < -0.3 is 9.80 Å². The van der Waals surface area contributed by atoms with E-state index in [2.05, 4.69) is 40.0 Å². The summed E-state index contributed by atoms with van der Waals surface area (Å²) in [6.45, 7) is 4.29. The van der Waals surface area contributed by atoms with Gasteiger partial charge >= 0.3 is 0 Å². The summed E-state index contributed by atoms with van der Waals surface area (Å²) in [5.41, 5.74) is 4.39. The maximum atomic E-state index is 4.88. The molecule has 20 heavy (non-hydrogen) atoms. The van der Waals surface area contributed by atoms with Crippen LogP contribution in [0.3, 0.4) is 0 Å². The van der Waals surface area contributed by atoms with E-state index in [-0.39, 0.29) is 0 Å². The third kappa shape index (κ3) is 1.68. The quantitative estimate of drug-likeness (QED) is 0.794. The molecule has 0 radical (unpaired) electrons. The minimum absolute atomic E-state index is 0.612. The number of rotatable bonds is 1. The number of anilines is 2. The van der Waals surface area contributed by atoms with Crippen molar-refractivity contribution in [3.05, 3.63) is 36.2 Å². The van der Waals surface area contributed by atoms with E-state index in [4.69, 9.17) is 4.98 Å². The number of aryl methyl sites for hydroxylation is 1. The molecule has 0 aromatic carbocycles. The Morgan fingerprint density at radius 1 is 1.20 bits per heavy atom. The third-order valence-electron chi connectivity index (χ3n) is 4.45. The van der Waals surface area contributed by atoms with Gasteiger partial charge in [-0.1, -0.05) is 0 Å². The summed E-state index contributed by atoms with van der Waals surface area (Å²) in [6.07, 6.45) is 3.13. The van der Waals surface area contributed by atoms with Gasteiger partial charge in [0, 0.05) is 43.6 Å². The largest absolute Gasteiger partial charge is 0.366 e. The summed E-state index contributed by atoms with van der Waals surface area (Å²) in [4.78, 5) is 14.0. The Hall–Kier alpha value is -2.10. The Balaban J connectivity index is 1.80. The second-order valence-electron chi connectivity index (χ2n) is 5.73. The summed E-state index contributed by atoms with van der Waals surface area (Å²) >= 11 is 0. The van der Waals surface area contributed by atoms with Crippen molar-refractivity contribution in [3.8, 4) is 11.3 Å². The van der Waals surface area contributed by atoms with Crippen molar-refractivity contribution in [3.63, 3.8) is 0 Å². The van der Waals surface area contributed by atoms with Crippen LogP contribution in [0.4, 0.5) is 11.5 Å². The SMILES string of the molecule is Cc1ccc(-c2ccc3c(n2)N(C)C2CCN3C2)cn1. The molecule has 2 bridgehead atoms. The maximum Gasteiger partial charge on any atom is 0.152 e. The highest BCUT2D eigenvalue weighted by atomic mass is 15.3. The second-order valence-corrected chi connectivity index (χ2v) is 5.73. The van der Waals surface area contributed by atoms with E-state index >= 15 is 0 Å². The van der Waals surface area contributed by atoms with Crippen LogP contribution in [0.2, 0.25) is 0 Å². The van der Waals surface area contributed by atoms with E-state index in [1.54, 1.807) is 0 Å². The van der Waals surface area contributed by atoms with Gasteiger partial charge in [-0.05, 0) is 37.6 Å². The molecule has 102 valence electrons. The molecule has 0 spiro atoms. The molecule has 1 saturated heterocycles. The molecule has 0 amide bonds. The lowest BCUT2D eigenvalue weighted by molar-refractivity contribution is 0.673. The Bertz CT molecular complexity index is 650. The zero-order chi connectivity index (χ0) is 13.7. The maximum absolute atomic E-state index is 4.88. The van der Waals surface area contributed by atoms with E-state index in [0.29, 0.717) is 6.04 Å². The first kappa shape index (κ1) is 11.7. The van der Waals surface area contributed by atoms with E-state index in [0.717, 1.165) is 35.9 Å². The van der Waals surface area contributed by atoms with E-state index in [1.165, 1.54) is 12.1 Å². The highest BCUT2D eigenvalue weighted by Crippen LogP contribution is 2.38. The highest BCUT2D eigenvalue weighted by Gasteiger charge is 2.34. The lowest BCUT2D eigenvalue weighted by Crippen LogP contribution is -2.40. The summed E-state index contributed by atoms with van der Waals surface area (Å²) in [7, 11) is 2.16. The smallest absolute Gasteiger partial charge is 0.152 e. The van der Waals surface area contributed by atoms with Crippen molar-refractivity contribution in [1.82, 2.24) is 9.97 Å². The number of fused-ring (bicyclic) bond motifs is 4. The highest BCUT2D eigenvalue weighted by molar-refractivity contribution is 5.75. The van der Waals surface area contributed by atoms with Crippen LogP contribution in [-0.4, -0.2) is 36.1 Å². The third-order valence-corrected chi connectivity index (χ3v) is 4.45. The predicted octanol–water partition coefficient (Wildman–Crippen LogP) is 2.48. The van der Waals surface area contributed by atoms with Gasteiger partial charge in [-0.15, -0.1) is 0 Å². The fourth-order valence-corrected chi connectivity index (χ4v) is 3.18. The Morgan fingerprint density at radius 2 is 2.10 bits per heavy atom. The molecule has 0 N–H and O–H groups in total. The first-order valence-electron chi connectivity index (χ1n) is 7.14. The summed E-state index contributed by atoms with van der Waals surface area (Å²) < 4.78 is 0. The summed E-state index contributed by atoms with van der Waals surface area (Å²) in [5.74, 6) is 1.11. The van der Waals surface area contributed by atoms with Gasteiger partial charge in [0.15, 0.2) is 5.82 Å². The zero-order valence-corrected chi connectivity index (χ0v) is 11.9. The molecular formula is C16H18N4. The Labute approximate surface area is 119 Å². The van der Waals surface area contributed by atoms with Gasteiger partial charge in [0.2, 0.25) is 0 Å². The molecular weight excluding hydrogens is 248 g/mol. The zero-order valence-electron chi connectivity index (χ0n) is 11.9. The lowest BCUT2D eigenvalue weighted by atomic mass is 10.1. The van der Waals surface area contributed by atoms with Crippen molar-refractivity contribution >= 4 is 11.5 Å². The van der Waals surface area contributed by atoms with E-state index in [1.807, 2.05) is 19.2 Å². The van der Waals surface area contributed by atoms with Gasteiger partial charge in [0.05, 0.1) is 11.4 Å². The number of hydrogen-bond acceptors (Lipinski definition) is 4. The average molecular weight is 266 g/mol. The summed E-state index contributed by atoms with van der Waals surface area (Å²) in [6, 6.07) is 9.05. The molecule has 4 rings (SSSR count). The van der Waals surface area contributed by atoms with Crippen molar-refractivity contribution in [2.75, 3.05) is 29.9 Å². The van der Waals surface area contributed by atoms with Crippen LogP contribution in [0.15, 0.2) is 30.5 Å². The fraction of sp³-hybridized carbons (Fsp3) is 0.375. The van der Waals surface area contributed by atoms with Crippen LogP contribution < -0.4 is 9.80 Å². The number of nitrogens with zero attached hydrogens (tertiary/aromatic N) is 4. The Morgan fingerprint density at radius 3 is 2.90 bits per heavy atom. The van der Waals surface area contributed by atoms with Crippen LogP contribution in [0.25, 0.3) is 11.3 Å². The van der Waals surface area contributed by atoms with Gasteiger partial charge in [-0.25, -0.2) is 4.98 Å². The molecule has 2 aliphatic heterocycles. The first-order valence-corrected chi connectivity index (χ1v) is 7.14. The van der Waals surface area contributed by atoms with Crippen LogP contribution in [0, 0.1) is 6.92 Å². The van der Waals surface area contributed by atoms with Crippen LogP contribution in [0.1, 0.15) is 12.1 Å². The second kappa shape index (κ2) is 4.20. The molecule has 2 aromatic heterocycles. The van der Waals surface area contributed by atoms with Crippen molar-refractivity contribution in [2.45, 2.75) is 19.4 Å². The molecule has 2 aromatic rings. The first-order chi connectivity index (χ1) is 9.72. The number of aromatic nitrogens is 2. The van der Waals surface area contributed by atoms with E-state index in [9.17, 15) is 0 Å². The van der Waals surface area contributed by atoms with E-state index < -0.39 is 0 Å². The monoisotopic (exact) mass is 266 g/mol. The summed E-state index contributed by atoms with van der Waals surface area (Å²) in [5, 5.41) is 0. The average Bonchev–Trinajstić information content (AvgIpc) is 2.92. The Kier molecular flexibility index (Phi) is 2.46. The van der Waals surface area contributed by atoms with Crippen molar-refractivity contribution in [2.24, 2.45) is 0 Å². The van der Waals surface area contributed by atoms with Crippen LogP contribution >= 0.6 is 0 Å². The fourth-order valence-electron chi connectivity index (χ4n) is 3.18. The lowest BCUT2D eigenvalue weighted by Gasteiger charge is -2.34. The van der Waals surface area contributed by atoms with Gasteiger partial charge in [0.25, 0.3) is 0 Å². The number of pyridine rings is 2. The molecule has 1 fully saturated rings. The predicted molar refractivity (Wildman–Crippen MR) is 81.2 cm³/mol. The van der Waals surface area contributed by atoms with Gasteiger partial charge in [0.1, 0.15) is 0 Å². The molecule has 2 aliphatic rings. The molecule has 4 heteroatoms. The topological polar surface area (TPSA) is 32.3 Å². The van der Waals surface area contributed by atoms with Gasteiger partial charge in [-0.3, -0.25) is 4.98 Å². The molecule has 0 aliphatic carbocycles. The molecule has 1 atom stereocenters. The minimum atomic E-state index is 0.612. The van der Waals surface area contributed by atoms with Crippen molar-refractivity contribution in [1.29, 1.82) is 0 Å².